The number of H-pyrrole nitrogens is 1. The fraction of sp³-hybridized carbons (Fsp3) is 0.625. The van der Waals surface area contributed by atoms with Crippen LogP contribution in [0.4, 0.5) is 0 Å². The molecule has 0 saturated heterocycles. The molecule has 3 heteroatoms. The number of nitrogens with zero attached hydrogens (tertiary/aromatic N) is 1. The van der Waals surface area contributed by atoms with Crippen molar-refractivity contribution in [1.29, 1.82) is 0 Å². The van der Waals surface area contributed by atoms with Crippen LogP contribution in [0.5, 0.6) is 0 Å². The van der Waals surface area contributed by atoms with Gasteiger partial charge in [-0.2, -0.15) is 0 Å². The van der Waals surface area contributed by atoms with E-state index < -0.39 is 0 Å². The normalized spacial score (nSPS) is 13.4. The van der Waals surface area contributed by atoms with E-state index in [2.05, 4.69) is 30.1 Å². The van der Waals surface area contributed by atoms with Gasteiger partial charge in [0.15, 0.2) is 0 Å². The van der Waals surface area contributed by atoms with Crippen molar-refractivity contribution in [3.05, 3.63) is 12.0 Å². The van der Waals surface area contributed by atoms with Gasteiger partial charge in [0.05, 0.1) is 12.0 Å². The summed E-state index contributed by atoms with van der Waals surface area (Å²) < 4.78 is 0. The summed E-state index contributed by atoms with van der Waals surface area (Å²) in [6, 6.07) is 0. The maximum absolute atomic E-state index is 4.21. The van der Waals surface area contributed by atoms with Crippen molar-refractivity contribution in [1.82, 2.24) is 9.97 Å². The maximum Gasteiger partial charge on any atom is 0.117 e. The van der Waals surface area contributed by atoms with Gasteiger partial charge in [0.25, 0.3) is 0 Å². The Bertz CT molecular complexity index is 220. The van der Waals surface area contributed by atoms with Crippen molar-refractivity contribution < 1.29 is 0 Å². The Morgan fingerprint density at radius 1 is 1.73 bits per heavy atom. The van der Waals surface area contributed by atoms with Gasteiger partial charge in [0.1, 0.15) is 5.03 Å². The largest absolute Gasteiger partial charge is 0.347 e. The van der Waals surface area contributed by atoms with Gasteiger partial charge in [0.2, 0.25) is 0 Å². The lowest BCUT2D eigenvalue weighted by Gasteiger charge is -2.06. The fourth-order valence-electron chi connectivity index (χ4n) is 1.01. The van der Waals surface area contributed by atoms with Crippen LogP contribution in [0, 0.1) is 0 Å². The summed E-state index contributed by atoms with van der Waals surface area (Å²) >= 11 is 1.70. The molecule has 0 aliphatic heterocycles. The number of hydrogen-bond acceptors (Lipinski definition) is 2. The second kappa shape index (κ2) is 3.81. The molecule has 0 fully saturated rings. The van der Waals surface area contributed by atoms with Crippen molar-refractivity contribution in [3.63, 3.8) is 0 Å². The van der Waals surface area contributed by atoms with Gasteiger partial charge in [-0.05, 0) is 18.6 Å². The number of aromatic nitrogens is 2. The van der Waals surface area contributed by atoms with Crippen LogP contribution < -0.4 is 0 Å². The predicted octanol–water partition coefficient (Wildman–Crippen LogP) is 2.65. The van der Waals surface area contributed by atoms with E-state index >= 15 is 0 Å². The van der Waals surface area contributed by atoms with Gasteiger partial charge in [-0.25, -0.2) is 4.98 Å². The summed E-state index contributed by atoms with van der Waals surface area (Å²) in [5, 5.41) is 1.14. The molecule has 1 rings (SSSR count). The first-order valence-electron chi connectivity index (χ1n) is 3.86. The molecule has 1 N–H and O–H groups in total. The highest BCUT2D eigenvalue weighted by atomic mass is 32.2. The Hall–Kier alpha value is -0.440. The monoisotopic (exact) mass is 170 g/mol. The minimum atomic E-state index is 0.597. The Morgan fingerprint density at radius 2 is 2.45 bits per heavy atom. The highest BCUT2D eigenvalue weighted by Gasteiger charge is 2.09. The van der Waals surface area contributed by atoms with Gasteiger partial charge in [-0.15, -0.1) is 11.8 Å². The lowest BCUT2D eigenvalue weighted by Crippen LogP contribution is -1.92. The summed E-state index contributed by atoms with van der Waals surface area (Å²) in [6.45, 7) is 4.41. The molecular formula is C8H14N2S. The lowest BCUT2D eigenvalue weighted by molar-refractivity contribution is 0.697. The SMILES string of the molecule is CCC(C)c1[nH]cnc1SC. The molecule has 0 bridgehead atoms. The summed E-state index contributed by atoms with van der Waals surface area (Å²) in [6.07, 6.45) is 4.99. The zero-order valence-corrected chi connectivity index (χ0v) is 8.03. The maximum atomic E-state index is 4.21. The number of aromatic amines is 1. The van der Waals surface area contributed by atoms with Gasteiger partial charge >= 0.3 is 0 Å². The molecule has 2 nitrogen and oxygen atoms in total. The summed E-state index contributed by atoms with van der Waals surface area (Å²) in [5.41, 5.74) is 1.28. The molecule has 0 aliphatic rings. The van der Waals surface area contributed by atoms with Crippen LogP contribution in [0.15, 0.2) is 11.4 Å². The molecule has 1 aromatic rings. The molecule has 1 heterocycles. The third-order valence-corrected chi connectivity index (χ3v) is 2.64. The molecule has 11 heavy (non-hydrogen) atoms. The van der Waals surface area contributed by atoms with Crippen molar-refractivity contribution in [2.45, 2.75) is 31.2 Å². The second-order valence-corrected chi connectivity index (χ2v) is 3.43. The zero-order chi connectivity index (χ0) is 8.27. The van der Waals surface area contributed by atoms with Crippen LogP contribution >= 0.6 is 11.8 Å². The molecular weight excluding hydrogens is 156 g/mol. The third kappa shape index (κ3) is 1.77. The van der Waals surface area contributed by atoms with E-state index in [0.29, 0.717) is 5.92 Å². The fourth-order valence-corrected chi connectivity index (χ4v) is 1.65. The smallest absolute Gasteiger partial charge is 0.117 e. The minimum absolute atomic E-state index is 0.597. The third-order valence-electron chi connectivity index (χ3n) is 1.93. The second-order valence-electron chi connectivity index (χ2n) is 2.63. The summed E-state index contributed by atoms with van der Waals surface area (Å²) in [5.74, 6) is 0.597. The topological polar surface area (TPSA) is 28.7 Å². The van der Waals surface area contributed by atoms with E-state index in [1.165, 1.54) is 5.69 Å². The molecule has 0 aliphatic carbocycles. The molecule has 1 unspecified atom stereocenters. The van der Waals surface area contributed by atoms with Crippen LogP contribution in [0.2, 0.25) is 0 Å². The van der Waals surface area contributed by atoms with Gasteiger partial charge in [0, 0.05) is 0 Å². The Morgan fingerprint density at radius 3 is 3.00 bits per heavy atom. The Kier molecular flexibility index (Phi) is 3.00. The van der Waals surface area contributed by atoms with Gasteiger partial charge in [-0.3, -0.25) is 0 Å². The average Bonchev–Trinajstić information content (AvgIpc) is 2.50. The van der Waals surface area contributed by atoms with Crippen LogP contribution in [-0.2, 0) is 0 Å². The molecule has 1 aromatic heterocycles. The summed E-state index contributed by atoms with van der Waals surface area (Å²) in [7, 11) is 0. The average molecular weight is 170 g/mol. The number of thioether (sulfide) groups is 1. The zero-order valence-electron chi connectivity index (χ0n) is 7.22. The molecule has 0 aromatic carbocycles. The predicted molar refractivity (Wildman–Crippen MR) is 49.1 cm³/mol. The van der Waals surface area contributed by atoms with E-state index in [1.807, 2.05) is 0 Å². The Balaban J connectivity index is 2.83. The number of rotatable bonds is 3. The van der Waals surface area contributed by atoms with E-state index in [9.17, 15) is 0 Å². The molecule has 0 spiro atoms. The highest BCUT2D eigenvalue weighted by Crippen LogP contribution is 2.24. The molecule has 62 valence electrons. The minimum Gasteiger partial charge on any atom is -0.347 e. The Labute approximate surface area is 71.8 Å². The van der Waals surface area contributed by atoms with Crippen LogP contribution in [-0.4, -0.2) is 16.2 Å². The van der Waals surface area contributed by atoms with Crippen molar-refractivity contribution in [2.24, 2.45) is 0 Å². The van der Waals surface area contributed by atoms with E-state index in [1.54, 1.807) is 18.1 Å². The van der Waals surface area contributed by atoms with E-state index in [0.717, 1.165) is 11.4 Å². The van der Waals surface area contributed by atoms with Crippen molar-refractivity contribution in [2.75, 3.05) is 6.26 Å². The quantitative estimate of drug-likeness (QED) is 0.706. The molecule has 0 saturated carbocycles. The van der Waals surface area contributed by atoms with Crippen LogP contribution in [0.3, 0.4) is 0 Å². The number of imidazole rings is 1. The van der Waals surface area contributed by atoms with Crippen LogP contribution in [0.1, 0.15) is 31.9 Å². The van der Waals surface area contributed by atoms with Gasteiger partial charge < -0.3 is 4.98 Å². The molecule has 0 amide bonds. The van der Waals surface area contributed by atoms with E-state index in [4.69, 9.17) is 0 Å². The lowest BCUT2D eigenvalue weighted by atomic mass is 10.1. The highest BCUT2D eigenvalue weighted by molar-refractivity contribution is 7.98. The van der Waals surface area contributed by atoms with Crippen molar-refractivity contribution in [3.8, 4) is 0 Å². The first-order valence-corrected chi connectivity index (χ1v) is 5.09. The van der Waals surface area contributed by atoms with Crippen molar-refractivity contribution >= 4 is 11.8 Å². The first kappa shape index (κ1) is 8.65. The molecule has 1 atom stereocenters. The first-order chi connectivity index (χ1) is 5.29. The molecule has 0 radical (unpaired) electrons. The summed E-state index contributed by atoms with van der Waals surface area (Å²) in [4.78, 5) is 7.39. The van der Waals surface area contributed by atoms with Crippen LogP contribution in [0.25, 0.3) is 0 Å². The van der Waals surface area contributed by atoms with E-state index in [-0.39, 0.29) is 0 Å². The number of nitrogens with one attached hydrogen (secondary N) is 1. The standard InChI is InChI=1S/C8H14N2S/c1-4-6(2)7-8(11-3)10-5-9-7/h5-6H,4H2,1-3H3,(H,9,10). The number of hydrogen-bond donors (Lipinski definition) is 1. The van der Waals surface area contributed by atoms with Gasteiger partial charge in [-0.1, -0.05) is 13.8 Å².